The number of amides is 1. The molecule has 1 amide bonds. The highest BCUT2D eigenvalue weighted by Crippen LogP contribution is 2.26. The van der Waals surface area contributed by atoms with Gasteiger partial charge in [0.2, 0.25) is 5.82 Å². The number of piperidine rings is 1. The first-order chi connectivity index (χ1) is 9.41. The van der Waals surface area contributed by atoms with E-state index in [4.69, 9.17) is 11.6 Å². The monoisotopic (exact) mass is 304 g/mol. The fourth-order valence-electron chi connectivity index (χ4n) is 2.15. The third-order valence-corrected chi connectivity index (χ3v) is 3.49. The number of hydrogen-bond donors (Lipinski definition) is 0. The van der Waals surface area contributed by atoms with E-state index < -0.39 is 33.7 Å². The minimum atomic E-state index is -1.45. The zero-order valence-electron chi connectivity index (χ0n) is 10.3. The van der Waals surface area contributed by atoms with Gasteiger partial charge in [-0.2, -0.15) is 4.39 Å². The van der Waals surface area contributed by atoms with Crippen LogP contribution in [-0.2, 0) is 0 Å². The summed E-state index contributed by atoms with van der Waals surface area (Å²) in [6.07, 6.45) is 1.34. The van der Waals surface area contributed by atoms with Crippen molar-refractivity contribution in [1.82, 2.24) is 4.90 Å². The largest absolute Gasteiger partial charge is 0.337 e. The van der Waals surface area contributed by atoms with Crippen molar-refractivity contribution >= 4 is 23.2 Å². The van der Waals surface area contributed by atoms with Crippen LogP contribution in [0.15, 0.2) is 12.1 Å². The van der Waals surface area contributed by atoms with Gasteiger partial charge in [0.15, 0.2) is 0 Å². The Hall–Kier alpha value is -1.76. The van der Waals surface area contributed by atoms with Crippen molar-refractivity contribution in [2.45, 2.75) is 18.2 Å². The summed E-state index contributed by atoms with van der Waals surface area (Å²) in [7, 11) is 0. The summed E-state index contributed by atoms with van der Waals surface area (Å²) in [4.78, 5) is 23.0. The van der Waals surface area contributed by atoms with E-state index >= 15 is 0 Å². The number of nitrogens with zero attached hydrogens (tertiary/aromatic N) is 2. The number of hydrogen-bond acceptors (Lipinski definition) is 3. The maximum absolute atomic E-state index is 13.9. The Morgan fingerprint density at radius 3 is 2.75 bits per heavy atom. The first kappa shape index (κ1) is 14.6. The zero-order valence-corrected chi connectivity index (χ0v) is 11.1. The van der Waals surface area contributed by atoms with Crippen LogP contribution in [0, 0.1) is 21.7 Å². The van der Waals surface area contributed by atoms with Crippen LogP contribution < -0.4 is 0 Å². The van der Waals surface area contributed by atoms with Gasteiger partial charge >= 0.3 is 5.69 Å². The Bertz CT molecular complexity index is 568. The Morgan fingerprint density at radius 1 is 1.45 bits per heavy atom. The van der Waals surface area contributed by atoms with Crippen LogP contribution in [0.25, 0.3) is 0 Å². The van der Waals surface area contributed by atoms with Crippen molar-refractivity contribution in [1.29, 1.82) is 0 Å². The summed E-state index contributed by atoms with van der Waals surface area (Å²) in [5, 5.41) is 10.4. The lowest BCUT2D eigenvalue weighted by Gasteiger charge is -2.29. The molecule has 1 fully saturated rings. The number of nitro benzene ring substituents is 1. The Morgan fingerprint density at radius 2 is 2.15 bits per heavy atom. The van der Waals surface area contributed by atoms with E-state index in [1.807, 2.05) is 0 Å². The number of carbonyl (C=O) groups is 1. The average Bonchev–Trinajstić information content (AvgIpc) is 2.38. The van der Waals surface area contributed by atoms with Crippen molar-refractivity contribution < 1.29 is 18.5 Å². The third-order valence-electron chi connectivity index (χ3n) is 3.13. The minimum absolute atomic E-state index is 0.169. The third kappa shape index (κ3) is 2.72. The number of alkyl halides is 1. The molecule has 0 bridgehead atoms. The second kappa shape index (κ2) is 5.70. The van der Waals surface area contributed by atoms with Crippen molar-refractivity contribution in [3.05, 3.63) is 39.4 Å². The second-order valence-electron chi connectivity index (χ2n) is 4.50. The van der Waals surface area contributed by atoms with E-state index in [9.17, 15) is 23.7 Å². The summed E-state index contributed by atoms with van der Waals surface area (Å²) in [5.41, 5.74) is -1.82. The fraction of sp³-hybridized carbons (Fsp3) is 0.417. The van der Waals surface area contributed by atoms with Crippen molar-refractivity contribution in [2.24, 2.45) is 0 Å². The number of nitro groups is 1. The lowest BCUT2D eigenvalue weighted by molar-refractivity contribution is -0.387. The summed E-state index contributed by atoms with van der Waals surface area (Å²) in [6, 6.07) is 1.42. The van der Waals surface area contributed by atoms with Crippen LogP contribution in [0.4, 0.5) is 14.5 Å². The molecule has 0 aromatic heterocycles. The van der Waals surface area contributed by atoms with Gasteiger partial charge in [-0.3, -0.25) is 14.9 Å². The minimum Gasteiger partial charge on any atom is -0.337 e. The highest BCUT2D eigenvalue weighted by Gasteiger charge is 2.31. The number of rotatable bonds is 2. The Balaban J connectivity index is 2.38. The molecule has 1 aromatic carbocycles. The maximum Gasteiger partial charge on any atom is 0.305 e. The van der Waals surface area contributed by atoms with Gasteiger partial charge in [-0.15, -0.1) is 11.6 Å². The summed E-state index contributed by atoms with van der Waals surface area (Å²) < 4.78 is 27.6. The number of halogens is 3. The highest BCUT2D eigenvalue weighted by atomic mass is 35.5. The highest BCUT2D eigenvalue weighted by molar-refractivity contribution is 6.21. The molecule has 0 saturated carbocycles. The summed E-state index contributed by atoms with van der Waals surface area (Å²) in [6.45, 7) is 0.492. The lowest BCUT2D eigenvalue weighted by atomic mass is 10.1. The van der Waals surface area contributed by atoms with Crippen LogP contribution in [0.5, 0.6) is 0 Å². The summed E-state index contributed by atoms with van der Waals surface area (Å²) >= 11 is 5.91. The van der Waals surface area contributed by atoms with Crippen LogP contribution in [0.3, 0.4) is 0 Å². The topological polar surface area (TPSA) is 63.4 Å². The molecule has 1 saturated heterocycles. The number of likely N-dealkylation sites (tertiary alicyclic amines) is 1. The normalized spacial score (nSPS) is 18.9. The predicted octanol–water partition coefficient (Wildman–Crippen LogP) is 2.72. The molecular formula is C12H11ClF2N2O3. The molecule has 0 spiro atoms. The molecule has 2 rings (SSSR count). The maximum atomic E-state index is 13.9. The molecule has 0 radical (unpaired) electrons. The van der Waals surface area contributed by atoms with Crippen LogP contribution in [0.1, 0.15) is 23.2 Å². The van der Waals surface area contributed by atoms with E-state index in [1.165, 1.54) is 4.90 Å². The van der Waals surface area contributed by atoms with E-state index in [-0.39, 0.29) is 11.9 Å². The van der Waals surface area contributed by atoms with E-state index in [1.54, 1.807) is 0 Å². The van der Waals surface area contributed by atoms with Gasteiger partial charge < -0.3 is 4.90 Å². The van der Waals surface area contributed by atoms with E-state index in [0.717, 1.165) is 6.07 Å². The Kier molecular flexibility index (Phi) is 4.17. The average molecular weight is 305 g/mol. The Labute approximate surface area is 118 Å². The van der Waals surface area contributed by atoms with Gasteiger partial charge in [0.05, 0.1) is 10.3 Å². The van der Waals surface area contributed by atoms with Crippen LogP contribution in [0.2, 0.25) is 0 Å². The molecule has 1 aromatic rings. The second-order valence-corrected chi connectivity index (χ2v) is 5.12. The van der Waals surface area contributed by atoms with E-state index in [0.29, 0.717) is 25.5 Å². The molecule has 8 heteroatoms. The molecule has 1 aliphatic heterocycles. The zero-order chi connectivity index (χ0) is 14.9. The van der Waals surface area contributed by atoms with Gasteiger partial charge in [-0.05, 0) is 18.9 Å². The lowest BCUT2D eigenvalue weighted by Crippen LogP contribution is -2.41. The quantitative estimate of drug-likeness (QED) is 0.479. The molecular weight excluding hydrogens is 294 g/mol. The first-order valence-corrected chi connectivity index (χ1v) is 6.41. The molecule has 1 atom stereocenters. The molecule has 108 valence electrons. The molecule has 20 heavy (non-hydrogen) atoms. The number of carbonyl (C=O) groups excluding carboxylic acids is 1. The predicted molar refractivity (Wildman–Crippen MR) is 67.8 cm³/mol. The SMILES string of the molecule is O=C(c1c(F)ccc([N+](=O)[O-])c1F)N1CCCC(Cl)C1. The van der Waals surface area contributed by atoms with Crippen LogP contribution >= 0.6 is 11.6 Å². The molecule has 1 aliphatic rings. The van der Waals surface area contributed by atoms with Crippen molar-refractivity contribution in [3.63, 3.8) is 0 Å². The number of benzene rings is 1. The fourth-order valence-corrected chi connectivity index (χ4v) is 2.47. The standard InChI is InChI=1S/C12H11ClF2N2O3/c13-7-2-1-5-16(6-7)12(18)10-8(14)3-4-9(11(10)15)17(19)20/h3-4,7H,1-2,5-6H2. The van der Waals surface area contributed by atoms with Gasteiger partial charge in [0.25, 0.3) is 5.91 Å². The van der Waals surface area contributed by atoms with Crippen LogP contribution in [-0.4, -0.2) is 34.2 Å². The summed E-state index contributed by atoms with van der Waals surface area (Å²) in [5.74, 6) is -3.47. The van der Waals surface area contributed by atoms with Gasteiger partial charge in [0, 0.05) is 19.2 Å². The molecule has 0 aliphatic carbocycles. The van der Waals surface area contributed by atoms with Crippen molar-refractivity contribution in [3.8, 4) is 0 Å². The molecule has 0 N–H and O–H groups in total. The van der Waals surface area contributed by atoms with Gasteiger partial charge in [-0.1, -0.05) is 0 Å². The van der Waals surface area contributed by atoms with E-state index in [2.05, 4.69) is 0 Å². The smallest absolute Gasteiger partial charge is 0.305 e. The molecule has 1 heterocycles. The molecule has 5 nitrogen and oxygen atoms in total. The van der Waals surface area contributed by atoms with Crippen molar-refractivity contribution in [2.75, 3.05) is 13.1 Å². The molecule has 1 unspecified atom stereocenters. The van der Waals surface area contributed by atoms with Gasteiger partial charge in [-0.25, -0.2) is 4.39 Å². The first-order valence-electron chi connectivity index (χ1n) is 5.97. The van der Waals surface area contributed by atoms with Gasteiger partial charge in [0.1, 0.15) is 11.4 Å².